The van der Waals surface area contributed by atoms with Crippen molar-refractivity contribution in [2.75, 3.05) is 5.73 Å². The zero-order chi connectivity index (χ0) is 13.8. The van der Waals surface area contributed by atoms with Gasteiger partial charge in [0.1, 0.15) is 6.61 Å². The van der Waals surface area contributed by atoms with Crippen LogP contribution in [0.5, 0.6) is 0 Å². The Morgan fingerprint density at radius 1 is 1.37 bits per heavy atom. The third-order valence-electron chi connectivity index (χ3n) is 2.60. The van der Waals surface area contributed by atoms with Crippen LogP contribution in [0.15, 0.2) is 41.1 Å². The first-order valence-corrected chi connectivity index (χ1v) is 6.48. The number of carbonyl (C=O) groups is 1. The molecule has 0 aliphatic rings. The zero-order valence-corrected chi connectivity index (χ0v) is 12.0. The molecular weight excluding hydrogens is 308 g/mol. The van der Waals surface area contributed by atoms with Gasteiger partial charge in [-0.2, -0.15) is 0 Å². The molecule has 1 aromatic carbocycles. The van der Waals surface area contributed by atoms with Crippen LogP contribution in [-0.2, 0) is 11.3 Å². The number of aryl methyl sites for hydroxylation is 1. The van der Waals surface area contributed by atoms with Gasteiger partial charge in [-0.25, -0.2) is 4.79 Å². The smallest absolute Gasteiger partial charge is 0.338 e. The van der Waals surface area contributed by atoms with Gasteiger partial charge in [0.15, 0.2) is 0 Å². The van der Waals surface area contributed by atoms with Crippen LogP contribution >= 0.6 is 15.9 Å². The highest BCUT2D eigenvalue weighted by atomic mass is 79.9. The van der Waals surface area contributed by atoms with E-state index in [4.69, 9.17) is 10.5 Å². The van der Waals surface area contributed by atoms with E-state index in [1.54, 1.807) is 30.6 Å². The van der Waals surface area contributed by atoms with Gasteiger partial charge in [0.2, 0.25) is 0 Å². The van der Waals surface area contributed by atoms with Crippen molar-refractivity contribution in [1.29, 1.82) is 0 Å². The molecule has 0 amide bonds. The van der Waals surface area contributed by atoms with Crippen LogP contribution < -0.4 is 5.73 Å². The fourth-order valence-corrected chi connectivity index (χ4v) is 2.09. The standard InChI is InChI=1S/C14H13BrN2O2/c1-9-4-12(16)2-3-13(9)14(18)19-8-10-5-11(15)7-17-6-10/h2-7H,8,16H2,1H3. The van der Waals surface area contributed by atoms with Gasteiger partial charge in [0.05, 0.1) is 5.56 Å². The first-order chi connectivity index (χ1) is 9.06. The Balaban J connectivity index is 2.05. The summed E-state index contributed by atoms with van der Waals surface area (Å²) in [4.78, 5) is 15.9. The summed E-state index contributed by atoms with van der Waals surface area (Å²) < 4.78 is 6.10. The Bertz CT molecular complexity index is 614. The number of benzene rings is 1. The average molecular weight is 321 g/mol. The molecule has 0 aliphatic heterocycles. The predicted octanol–water partition coefficient (Wildman–Crippen LogP) is 3.09. The van der Waals surface area contributed by atoms with Crippen molar-refractivity contribution in [3.8, 4) is 0 Å². The number of hydrogen-bond acceptors (Lipinski definition) is 4. The van der Waals surface area contributed by atoms with Gasteiger partial charge >= 0.3 is 5.97 Å². The molecule has 0 radical (unpaired) electrons. The number of rotatable bonds is 3. The molecule has 0 spiro atoms. The first kappa shape index (κ1) is 13.5. The maximum atomic E-state index is 11.9. The minimum Gasteiger partial charge on any atom is -0.457 e. The largest absolute Gasteiger partial charge is 0.457 e. The van der Waals surface area contributed by atoms with Crippen molar-refractivity contribution in [1.82, 2.24) is 4.98 Å². The number of nitrogens with zero attached hydrogens (tertiary/aromatic N) is 1. The number of halogens is 1. The van der Waals surface area contributed by atoms with E-state index < -0.39 is 0 Å². The topological polar surface area (TPSA) is 65.2 Å². The predicted molar refractivity (Wildman–Crippen MR) is 76.6 cm³/mol. The number of ether oxygens (including phenoxy) is 1. The van der Waals surface area contributed by atoms with E-state index in [1.807, 2.05) is 13.0 Å². The summed E-state index contributed by atoms with van der Waals surface area (Å²) in [6.07, 6.45) is 3.34. The maximum Gasteiger partial charge on any atom is 0.338 e. The number of hydrogen-bond donors (Lipinski definition) is 1. The molecule has 4 nitrogen and oxygen atoms in total. The van der Waals surface area contributed by atoms with E-state index in [-0.39, 0.29) is 12.6 Å². The summed E-state index contributed by atoms with van der Waals surface area (Å²) in [5.41, 5.74) is 8.43. The second-order valence-corrected chi connectivity index (χ2v) is 5.08. The lowest BCUT2D eigenvalue weighted by atomic mass is 10.1. The molecule has 0 saturated heterocycles. The molecular formula is C14H13BrN2O2. The Hall–Kier alpha value is -1.88. The monoisotopic (exact) mass is 320 g/mol. The maximum absolute atomic E-state index is 11.9. The van der Waals surface area contributed by atoms with Crippen LogP contribution in [0.3, 0.4) is 0 Å². The number of esters is 1. The molecule has 1 aromatic heterocycles. The van der Waals surface area contributed by atoms with Crippen molar-refractivity contribution in [3.63, 3.8) is 0 Å². The van der Waals surface area contributed by atoms with E-state index in [0.717, 1.165) is 15.6 Å². The molecule has 0 bridgehead atoms. The molecule has 2 N–H and O–H groups in total. The molecule has 0 unspecified atom stereocenters. The van der Waals surface area contributed by atoms with Crippen LogP contribution in [0, 0.1) is 6.92 Å². The number of anilines is 1. The Labute approximate surface area is 119 Å². The summed E-state index contributed by atoms with van der Waals surface area (Å²) in [7, 11) is 0. The summed E-state index contributed by atoms with van der Waals surface area (Å²) in [5, 5.41) is 0. The van der Waals surface area contributed by atoms with Gasteiger partial charge in [-0.15, -0.1) is 0 Å². The molecule has 98 valence electrons. The van der Waals surface area contributed by atoms with Gasteiger partial charge in [-0.05, 0) is 52.7 Å². The van der Waals surface area contributed by atoms with Crippen molar-refractivity contribution in [2.45, 2.75) is 13.5 Å². The highest BCUT2D eigenvalue weighted by Gasteiger charge is 2.10. The van der Waals surface area contributed by atoms with Crippen LogP contribution in [0.1, 0.15) is 21.5 Å². The van der Waals surface area contributed by atoms with Crippen LogP contribution in [0.25, 0.3) is 0 Å². The Morgan fingerprint density at radius 2 is 2.16 bits per heavy atom. The van der Waals surface area contributed by atoms with Crippen LogP contribution in [0.2, 0.25) is 0 Å². The summed E-state index contributed by atoms with van der Waals surface area (Å²) in [6, 6.07) is 6.96. The normalized spacial score (nSPS) is 10.2. The van der Waals surface area contributed by atoms with Crippen molar-refractivity contribution < 1.29 is 9.53 Å². The molecule has 2 aromatic rings. The van der Waals surface area contributed by atoms with Gasteiger partial charge in [-0.1, -0.05) is 0 Å². The van der Waals surface area contributed by atoms with Gasteiger partial charge in [0, 0.05) is 28.1 Å². The number of aromatic nitrogens is 1. The van der Waals surface area contributed by atoms with Crippen molar-refractivity contribution in [2.24, 2.45) is 0 Å². The summed E-state index contributed by atoms with van der Waals surface area (Å²) in [5.74, 6) is -0.363. The van der Waals surface area contributed by atoms with E-state index in [2.05, 4.69) is 20.9 Å². The molecule has 0 fully saturated rings. The van der Waals surface area contributed by atoms with Gasteiger partial charge in [0.25, 0.3) is 0 Å². The molecule has 0 saturated carbocycles. The lowest BCUT2D eigenvalue weighted by Crippen LogP contribution is -2.07. The molecule has 5 heteroatoms. The third-order valence-corrected chi connectivity index (χ3v) is 3.04. The second kappa shape index (κ2) is 5.84. The van der Waals surface area contributed by atoms with Gasteiger partial charge in [-0.3, -0.25) is 4.98 Å². The van der Waals surface area contributed by atoms with Crippen LogP contribution in [0.4, 0.5) is 5.69 Å². The minimum absolute atomic E-state index is 0.190. The molecule has 19 heavy (non-hydrogen) atoms. The summed E-state index contributed by atoms with van der Waals surface area (Å²) in [6.45, 7) is 2.02. The second-order valence-electron chi connectivity index (χ2n) is 4.16. The molecule has 0 atom stereocenters. The van der Waals surface area contributed by atoms with Crippen LogP contribution in [-0.4, -0.2) is 11.0 Å². The lowest BCUT2D eigenvalue weighted by Gasteiger charge is -2.08. The fourth-order valence-electron chi connectivity index (χ4n) is 1.68. The highest BCUT2D eigenvalue weighted by Crippen LogP contribution is 2.15. The molecule has 1 heterocycles. The Morgan fingerprint density at radius 3 is 2.84 bits per heavy atom. The third kappa shape index (κ3) is 3.54. The summed E-state index contributed by atoms with van der Waals surface area (Å²) >= 11 is 3.32. The number of pyridine rings is 1. The molecule has 2 rings (SSSR count). The number of carbonyl (C=O) groups excluding carboxylic acids is 1. The molecule has 0 aliphatic carbocycles. The average Bonchev–Trinajstić information content (AvgIpc) is 2.36. The van der Waals surface area contributed by atoms with Crippen molar-refractivity contribution >= 4 is 27.6 Å². The van der Waals surface area contributed by atoms with E-state index in [1.165, 1.54) is 0 Å². The van der Waals surface area contributed by atoms with E-state index in [0.29, 0.717) is 11.3 Å². The zero-order valence-electron chi connectivity index (χ0n) is 10.4. The van der Waals surface area contributed by atoms with Crippen molar-refractivity contribution in [3.05, 3.63) is 57.8 Å². The minimum atomic E-state index is -0.363. The van der Waals surface area contributed by atoms with E-state index in [9.17, 15) is 4.79 Å². The van der Waals surface area contributed by atoms with Gasteiger partial charge < -0.3 is 10.5 Å². The number of nitrogen functional groups attached to an aromatic ring is 1. The first-order valence-electron chi connectivity index (χ1n) is 5.69. The number of nitrogens with two attached hydrogens (primary N) is 1. The van der Waals surface area contributed by atoms with E-state index >= 15 is 0 Å². The lowest BCUT2D eigenvalue weighted by molar-refractivity contribution is 0.0471. The fraction of sp³-hybridized carbons (Fsp3) is 0.143. The quantitative estimate of drug-likeness (QED) is 0.697. The Kier molecular flexibility index (Phi) is 4.16. The highest BCUT2D eigenvalue weighted by molar-refractivity contribution is 9.10. The SMILES string of the molecule is Cc1cc(N)ccc1C(=O)OCc1cncc(Br)c1.